The van der Waals surface area contributed by atoms with E-state index in [-0.39, 0.29) is 29.3 Å². The number of hydrogen-bond donors (Lipinski definition) is 1. The smallest absolute Gasteiger partial charge is 0.338 e. The van der Waals surface area contributed by atoms with E-state index in [0.29, 0.717) is 40.7 Å². The summed E-state index contributed by atoms with van der Waals surface area (Å²) in [6.45, 7) is 11.8. The number of carbonyl (C=O) groups is 2. The van der Waals surface area contributed by atoms with Crippen LogP contribution in [0.25, 0.3) is 6.08 Å². The molecule has 1 aliphatic heterocycles. The van der Waals surface area contributed by atoms with E-state index in [1.54, 1.807) is 34.0 Å². The van der Waals surface area contributed by atoms with Crippen molar-refractivity contribution in [2.75, 3.05) is 20.3 Å². The van der Waals surface area contributed by atoms with Crippen molar-refractivity contribution in [3.8, 4) is 17.2 Å². The summed E-state index contributed by atoms with van der Waals surface area (Å²) in [6, 6.07) is 12.0. The fraction of sp³-hybridized carbons (Fsp3) is 0.387. The molecule has 9 heteroatoms. The number of para-hydroxylation sites is 1. The lowest BCUT2D eigenvalue weighted by Crippen LogP contribution is -2.51. The lowest BCUT2D eigenvalue weighted by molar-refractivity contribution is -0.139. The van der Waals surface area contributed by atoms with E-state index in [9.17, 15) is 9.59 Å². The Hall–Kier alpha value is -3.85. The zero-order valence-electron chi connectivity index (χ0n) is 24.2. The molecule has 1 aliphatic rings. The van der Waals surface area contributed by atoms with Gasteiger partial charge in [0.05, 0.1) is 32.0 Å². The minimum Gasteiger partial charge on any atom is -0.493 e. The Bertz CT molecular complexity index is 1320. The highest BCUT2D eigenvalue weighted by Crippen LogP contribution is 2.40. The van der Waals surface area contributed by atoms with Crippen LogP contribution in [-0.2, 0) is 14.3 Å². The monoisotopic (exact) mass is 566 g/mol. The van der Waals surface area contributed by atoms with Crippen molar-refractivity contribution < 1.29 is 28.5 Å². The Morgan fingerprint density at radius 1 is 1.10 bits per heavy atom. The number of hydrogen-bond acceptors (Lipinski definition) is 7. The lowest BCUT2D eigenvalue weighted by Gasteiger charge is -2.39. The first-order chi connectivity index (χ1) is 19.1. The van der Waals surface area contributed by atoms with Crippen LogP contribution in [0.3, 0.4) is 0 Å². The van der Waals surface area contributed by atoms with Crippen molar-refractivity contribution in [1.29, 1.82) is 0 Å². The third-order valence-electron chi connectivity index (χ3n) is 6.11. The van der Waals surface area contributed by atoms with Crippen LogP contribution in [-0.4, -0.2) is 48.3 Å². The summed E-state index contributed by atoms with van der Waals surface area (Å²) in [4.78, 5) is 28.8. The maximum absolute atomic E-state index is 14.1. The highest BCUT2D eigenvalue weighted by Gasteiger charge is 2.41. The first-order valence-electron chi connectivity index (χ1n) is 13.4. The number of allylic oxidation sites excluding steroid dienone is 1. The Balaban J connectivity index is 2.11. The number of amides is 1. The molecule has 3 rings (SSSR count). The molecule has 1 atom stereocenters. The van der Waals surface area contributed by atoms with Gasteiger partial charge >= 0.3 is 5.97 Å². The second kappa shape index (κ2) is 14.0. The van der Waals surface area contributed by atoms with Crippen LogP contribution in [0.4, 0.5) is 0 Å². The summed E-state index contributed by atoms with van der Waals surface area (Å²) in [7, 11) is 1.57. The number of thiocarbonyl (C=S) groups is 1. The predicted octanol–water partition coefficient (Wildman–Crippen LogP) is 5.97. The van der Waals surface area contributed by atoms with E-state index in [1.165, 1.54) is 4.90 Å². The van der Waals surface area contributed by atoms with Crippen LogP contribution in [0.5, 0.6) is 17.2 Å². The molecule has 0 fully saturated rings. The van der Waals surface area contributed by atoms with E-state index in [4.69, 9.17) is 31.2 Å². The number of methoxy groups -OCH3 is 1. The first kappa shape index (κ1) is 30.7. The average molecular weight is 567 g/mol. The molecule has 0 spiro atoms. The van der Waals surface area contributed by atoms with E-state index in [2.05, 4.69) is 5.32 Å². The third kappa shape index (κ3) is 7.01. The molecule has 0 radical (unpaired) electrons. The zero-order chi connectivity index (χ0) is 29.4. The largest absolute Gasteiger partial charge is 0.493 e. The topological polar surface area (TPSA) is 86.3 Å². The van der Waals surface area contributed by atoms with Crippen molar-refractivity contribution in [1.82, 2.24) is 10.2 Å². The van der Waals surface area contributed by atoms with Gasteiger partial charge in [0.2, 0.25) is 0 Å². The Morgan fingerprint density at radius 3 is 2.48 bits per heavy atom. The van der Waals surface area contributed by atoms with Gasteiger partial charge in [0, 0.05) is 16.8 Å². The standard InChI is InChI=1S/C31H38N2O6S/c1-8-16-38-25-15-14-22(18-26(25)36-7)17-20(5)29(34)33-28(23-12-10-11-13-24(23)39-19(3)4)27(30(35)37-9-2)21(6)32-31(33)40/h10-15,17-19,28H,8-9,16H2,1-7H3,(H,32,40)/b20-17+. The second-order valence-corrected chi connectivity index (χ2v) is 9.94. The summed E-state index contributed by atoms with van der Waals surface area (Å²) >= 11 is 5.68. The molecule has 0 saturated carbocycles. The highest BCUT2D eigenvalue weighted by molar-refractivity contribution is 7.80. The SMILES string of the molecule is CCCOc1ccc(/C=C(\C)C(=O)N2C(=S)NC(C)=C(C(=O)OCC)C2c2ccccc2OC(C)C)cc1OC. The molecule has 1 heterocycles. The fourth-order valence-electron chi connectivity index (χ4n) is 4.39. The lowest BCUT2D eigenvalue weighted by atomic mass is 9.92. The number of ether oxygens (including phenoxy) is 4. The number of nitrogens with one attached hydrogen (secondary N) is 1. The van der Waals surface area contributed by atoms with Gasteiger partial charge in [0.1, 0.15) is 11.8 Å². The highest BCUT2D eigenvalue weighted by atomic mass is 32.1. The second-order valence-electron chi connectivity index (χ2n) is 9.56. The van der Waals surface area contributed by atoms with Crippen LogP contribution in [0.15, 0.2) is 59.3 Å². The van der Waals surface area contributed by atoms with Gasteiger partial charge in [0.25, 0.3) is 5.91 Å². The van der Waals surface area contributed by atoms with Gasteiger partial charge in [-0.3, -0.25) is 9.69 Å². The van der Waals surface area contributed by atoms with Crippen molar-refractivity contribution in [3.05, 3.63) is 70.4 Å². The van der Waals surface area contributed by atoms with Gasteiger partial charge in [-0.1, -0.05) is 31.2 Å². The molecular weight excluding hydrogens is 528 g/mol. The molecule has 0 saturated heterocycles. The van der Waals surface area contributed by atoms with Crippen LogP contribution in [0.2, 0.25) is 0 Å². The van der Waals surface area contributed by atoms with Crippen LogP contribution in [0, 0.1) is 0 Å². The molecule has 214 valence electrons. The Kier molecular flexibility index (Phi) is 10.7. The van der Waals surface area contributed by atoms with Crippen molar-refractivity contribution in [3.63, 3.8) is 0 Å². The van der Waals surface area contributed by atoms with E-state index in [0.717, 1.165) is 12.0 Å². The molecule has 40 heavy (non-hydrogen) atoms. The molecule has 0 aromatic heterocycles. The molecule has 8 nitrogen and oxygen atoms in total. The Morgan fingerprint density at radius 2 is 1.82 bits per heavy atom. The van der Waals surface area contributed by atoms with Crippen LogP contribution >= 0.6 is 12.2 Å². The number of benzene rings is 2. The minimum atomic E-state index is -0.863. The molecule has 1 amide bonds. The number of nitrogens with zero attached hydrogens (tertiary/aromatic N) is 1. The summed E-state index contributed by atoms with van der Waals surface area (Å²) in [5.74, 6) is 0.841. The molecule has 0 bridgehead atoms. The summed E-state index contributed by atoms with van der Waals surface area (Å²) in [5, 5.41) is 3.21. The normalized spacial score (nSPS) is 15.6. The zero-order valence-corrected chi connectivity index (χ0v) is 25.0. The maximum Gasteiger partial charge on any atom is 0.338 e. The van der Waals surface area contributed by atoms with Crippen LogP contribution < -0.4 is 19.5 Å². The number of rotatable bonds is 11. The molecular formula is C31H38N2O6S. The summed E-state index contributed by atoms with van der Waals surface area (Å²) in [5.41, 5.74) is 2.59. The van der Waals surface area contributed by atoms with Gasteiger partial charge in [-0.2, -0.15) is 0 Å². The summed E-state index contributed by atoms with van der Waals surface area (Å²) in [6.07, 6.45) is 2.49. The summed E-state index contributed by atoms with van der Waals surface area (Å²) < 4.78 is 22.8. The molecule has 2 aromatic carbocycles. The Labute approximate surface area is 241 Å². The van der Waals surface area contributed by atoms with Crippen LogP contribution in [0.1, 0.15) is 65.1 Å². The third-order valence-corrected chi connectivity index (χ3v) is 6.41. The molecule has 2 aromatic rings. The van der Waals surface area contributed by atoms with E-state index < -0.39 is 12.0 Å². The van der Waals surface area contributed by atoms with Crippen molar-refractivity contribution in [2.45, 2.75) is 60.1 Å². The predicted molar refractivity (Wildman–Crippen MR) is 159 cm³/mol. The maximum atomic E-state index is 14.1. The molecule has 1 unspecified atom stereocenters. The number of carbonyl (C=O) groups excluding carboxylic acids is 2. The molecule has 0 aliphatic carbocycles. The minimum absolute atomic E-state index is 0.129. The van der Waals surface area contributed by atoms with Crippen molar-refractivity contribution >= 4 is 35.3 Å². The number of esters is 1. The first-order valence-corrected chi connectivity index (χ1v) is 13.8. The van der Waals surface area contributed by atoms with Gasteiger partial charge in [-0.25, -0.2) is 4.79 Å². The quantitative estimate of drug-likeness (QED) is 0.202. The molecule has 1 N–H and O–H groups in total. The van der Waals surface area contributed by atoms with Gasteiger partial charge in [-0.15, -0.1) is 0 Å². The van der Waals surface area contributed by atoms with Gasteiger partial charge in [-0.05, 0) is 83.1 Å². The average Bonchev–Trinajstić information content (AvgIpc) is 2.91. The van der Waals surface area contributed by atoms with E-state index >= 15 is 0 Å². The van der Waals surface area contributed by atoms with Crippen molar-refractivity contribution in [2.24, 2.45) is 0 Å². The fourth-order valence-corrected chi connectivity index (χ4v) is 4.73. The van der Waals surface area contributed by atoms with E-state index in [1.807, 2.05) is 63.2 Å². The van der Waals surface area contributed by atoms with Gasteiger partial charge in [0.15, 0.2) is 16.6 Å². The van der Waals surface area contributed by atoms with Gasteiger partial charge < -0.3 is 24.3 Å².